The average Bonchev–Trinajstić information content (AvgIpc) is 3.28. The van der Waals surface area contributed by atoms with E-state index in [2.05, 4.69) is 14.7 Å². The highest BCUT2D eigenvalue weighted by atomic mass is 16.5. The Kier molecular flexibility index (Phi) is 5.95. The number of likely N-dealkylation sites (tertiary alicyclic amines) is 2. The molecule has 6 nitrogen and oxygen atoms in total. The third-order valence-corrected chi connectivity index (χ3v) is 6.14. The average molecular weight is 373 g/mol. The van der Waals surface area contributed by atoms with E-state index in [0.29, 0.717) is 29.9 Å². The number of ether oxygens (including phenoxy) is 2. The van der Waals surface area contributed by atoms with Gasteiger partial charge in [-0.1, -0.05) is 12.1 Å². The molecule has 3 fully saturated rings. The van der Waals surface area contributed by atoms with Crippen LogP contribution in [-0.2, 0) is 4.74 Å². The van der Waals surface area contributed by atoms with Gasteiger partial charge in [-0.25, -0.2) is 0 Å². The largest absolute Gasteiger partial charge is 0.493 e. The molecule has 27 heavy (non-hydrogen) atoms. The summed E-state index contributed by atoms with van der Waals surface area (Å²) in [5.74, 6) is 1.44. The summed E-state index contributed by atoms with van der Waals surface area (Å²) >= 11 is 0. The van der Waals surface area contributed by atoms with Gasteiger partial charge in [0.25, 0.3) is 5.91 Å². The lowest BCUT2D eigenvalue weighted by atomic mass is 10.0. The first kappa shape index (κ1) is 18.7. The van der Waals surface area contributed by atoms with Gasteiger partial charge in [-0.05, 0) is 31.4 Å². The molecule has 0 radical (unpaired) electrons. The van der Waals surface area contributed by atoms with Gasteiger partial charge in [0.1, 0.15) is 5.75 Å². The Morgan fingerprint density at radius 1 is 1.11 bits per heavy atom. The van der Waals surface area contributed by atoms with Gasteiger partial charge in [-0.3, -0.25) is 14.6 Å². The van der Waals surface area contributed by atoms with Gasteiger partial charge in [0.05, 0.1) is 25.4 Å². The van der Waals surface area contributed by atoms with E-state index in [-0.39, 0.29) is 5.91 Å². The molecule has 3 heterocycles. The van der Waals surface area contributed by atoms with E-state index in [1.807, 2.05) is 31.2 Å². The number of para-hydroxylation sites is 1. The minimum absolute atomic E-state index is 0.126. The van der Waals surface area contributed by atoms with Crippen molar-refractivity contribution >= 4 is 5.91 Å². The number of amides is 1. The second-order valence-corrected chi connectivity index (χ2v) is 7.76. The highest BCUT2D eigenvalue weighted by molar-refractivity contribution is 5.97. The predicted molar refractivity (Wildman–Crippen MR) is 104 cm³/mol. The minimum atomic E-state index is 0.126. The van der Waals surface area contributed by atoms with Crippen molar-refractivity contribution < 1.29 is 14.3 Å². The van der Waals surface area contributed by atoms with Crippen molar-refractivity contribution in [1.29, 1.82) is 0 Å². The molecule has 1 amide bonds. The number of carbonyl (C=O) groups is 1. The molecule has 0 bridgehead atoms. The zero-order valence-electron chi connectivity index (χ0n) is 16.3. The van der Waals surface area contributed by atoms with Crippen molar-refractivity contribution in [2.75, 3.05) is 65.6 Å². The van der Waals surface area contributed by atoms with Crippen LogP contribution in [-0.4, -0.2) is 92.3 Å². The van der Waals surface area contributed by atoms with Gasteiger partial charge in [0.2, 0.25) is 0 Å². The van der Waals surface area contributed by atoms with Crippen LogP contribution in [0.5, 0.6) is 5.75 Å². The van der Waals surface area contributed by atoms with E-state index in [1.165, 1.54) is 0 Å². The summed E-state index contributed by atoms with van der Waals surface area (Å²) in [6.45, 7) is 11.5. The smallest absolute Gasteiger partial charge is 0.257 e. The molecule has 1 aromatic carbocycles. The van der Waals surface area contributed by atoms with E-state index in [4.69, 9.17) is 9.47 Å². The molecule has 0 aromatic heterocycles. The van der Waals surface area contributed by atoms with Crippen LogP contribution in [0.2, 0.25) is 0 Å². The SMILES string of the molecule is CCOc1ccccc1C(=O)N1CC[C@H]2CN(CCN3CCOCC3)C[C@H]21. The predicted octanol–water partition coefficient (Wildman–Crippen LogP) is 1.56. The van der Waals surface area contributed by atoms with Crippen molar-refractivity contribution in [3.63, 3.8) is 0 Å². The zero-order chi connectivity index (χ0) is 18.6. The van der Waals surface area contributed by atoms with Crippen molar-refractivity contribution in [3.8, 4) is 5.75 Å². The molecule has 0 saturated carbocycles. The maximum absolute atomic E-state index is 13.2. The molecular formula is C21H31N3O3. The van der Waals surface area contributed by atoms with Crippen LogP contribution in [0.1, 0.15) is 23.7 Å². The van der Waals surface area contributed by atoms with Crippen LogP contribution in [0.15, 0.2) is 24.3 Å². The molecule has 3 aliphatic rings. The monoisotopic (exact) mass is 373 g/mol. The third kappa shape index (κ3) is 4.13. The Hall–Kier alpha value is -1.63. The minimum Gasteiger partial charge on any atom is -0.493 e. The Morgan fingerprint density at radius 2 is 1.89 bits per heavy atom. The van der Waals surface area contributed by atoms with Gasteiger partial charge < -0.3 is 14.4 Å². The molecular weight excluding hydrogens is 342 g/mol. The normalized spacial score (nSPS) is 26.3. The number of rotatable bonds is 6. The summed E-state index contributed by atoms with van der Waals surface area (Å²) < 4.78 is 11.1. The third-order valence-electron chi connectivity index (χ3n) is 6.14. The fraction of sp³-hybridized carbons (Fsp3) is 0.667. The topological polar surface area (TPSA) is 45.2 Å². The number of hydrogen-bond acceptors (Lipinski definition) is 5. The number of benzene rings is 1. The first-order valence-electron chi connectivity index (χ1n) is 10.3. The zero-order valence-corrected chi connectivity index (χ0v) is 16.3. The van der Waals surface area contributed by atoms with Gasteiger partial charge >= 0.3 is 0 Å². The number of hydrogen-bond donors (Lipinski definition) is 0. The maximum Gasteiger partial charge on any atom is 0.257 e. The lowest BCUT2D eigenvalue weighted by Crippen LogP contribution is -2.43. The number of morpholine rings is 1. The second kappa shape index (κ2) is 8.59. The number of carbonyl (C=O) groups excluding carboxylic acids is 1. The standard InChI is InChI=1S/C21H31N3O3/c1-2-27-20-6-4-3-5-18(20)21(25)24-8-7-17-15-23(16-19(17)24)10-9-22-11-13-26-14-12-22/h3-6,17,19H,2,7-16H2,1H3/t17-,19+/m0/s1. The summed E-state index contributed by atoms with van der Waals surface area (Å²) in [4.78, 5) is 20.3. The Labute approximate surface area is 162 Å². The summed E-state index contributed by atoms with van der Waals surface area (Å²) in [5.41, 5.74) is 0.701. The summed E-state index contributed by atoms with van der Waals surface area (Å²) in [7, 11) is 0. The molecule has 1 aromatic rings. The van der Waals surface area contributed by atoms with Crippen LogP contribution in [0.4, 0.5) is 0 Å². The Balaban J connectivity index is 1.36. The quantitative estimate of drug-likeness (QED) is 0.757. The molecule has 2 atom stereocenters. The van der Waals surface area contributed by atoms with Crippen LogP contribution in [0, 0.1) is 5.92 Å². The lowest BCUT2D eigenvalue weighted by Gasteiger charge is -2.29. The van der Waals surface area contributed by atoms with Crippen molar-refractivity contribution in [2.45, 2.75) is 19.4 Å². The van der Waals surface area contributed by atoms with Crippen molar-refractivity contribution in [3.05, 3.63) is 29.8 Å². The summed E-state index contributed by atoms with van der Waals surface area (Å²) in [5, 5.41) is 0. The van der Waals surface area contributed by atoms with Gasteiger partial charge in [-0.15, -0.1) is 0 Å². The first-order valence-corrected chi connectivity index (χ1v) is 10.3. The Bertz CT molecular complexity index is 647. The van der Waals surface area contributed by atoms with E-state index in [1.54, 1.807) is 0 Å². The molecule has 3 saturated heterocycles. The maximum atomic E-state index is 13.2. The molecule has 0 N–H and O–H groups in total. The fourth-order valence-electron chi connectivity index (χ4n) is 4.67. The molecule has 3 aliphatic heterocycles. The molecule has 6 heteroatoms. The molecule has 0 aliphatic carbocycles. The van der Waals surface area contributed by atoms with Crippen LogP contribution < -0.4 is 4.74 Å². The first-order chi connectivity index (χ1) is 13.3. The van der Waals surface area contributed by atoms with Crippen LogP contribution in [0.25, 0.3) is 0 Å². The van der Waals surface area contributed by atoms with E-state index < -0.39 is 0 Å². The van der Waals surface area contributed by atoms with Crippen molar-refractivity contribution in [2.24, 2.45) is 5.92 Å². The highest BCUT2D eigenvalue weighted by Gasteiger charge is 2.43. The van der Waals surface area contributed by atoms with Gasteiger partial charge in [0, 0.05) is 51.9 Å². The fourth-order valence-corrected chi connectivity index (χ4v) is 4.67. The summed E-state index contributed by atoms with van der Waals surface area (Å²) in [6.07, 6.45) is 1.11. The lowest BCUT2D eigenvalue weighted by molar-refractivity contribution is 0.0338. The van der Waals surface area contributed by atoms with E-state index in [9.17, 15) is 4.79 Å². The number of fused-ring (bicyclic) bond motifs is 1. The molecule has 4 rings (SSSR count). The van der Waals surface area contributed by atoms with Crippen LogP contribution >= 0.6 is 0 Å². The summed E-state index contributed by atoms with van der Waals surface area (Å²) in [6, 6.07) is 7.99. The highest BCUT2D eigenvalue weighted by Crippen LogP contribution is 2.33. The number of nitrogens with zero attached hydrogens (tertiary/aromatic N) is 3. The van der Waals surface area contributed by atoms with Gasteiger partial charge in [0.15, 0.2) is 0 Å². The van der Waals surface area contributed by atoms with Crippen molar-refractivity contribution in [1.82, 2.24) is 14.7 Å². The van der Waals surface area contributed by atoms with Gasteiger partial charge in [-0.2, -0.15) is 0 Å². The van der Waals surface area contributed by atoms with Crippen LogP contribution in [0.3, 0.4) is 0 Å². The molecule has 0 spiro atoms. The molecule has 148 valence electrons. The van der Waals surface area contributed by atoms with E-state index >= 15 is 0 Å². The molecule has 0 unspecified atom stereocenters. The second-order valence-electron chi connectivity index (χ2n) is 7.76. The van der Waals surface area contributed by atoms with E-state index in [0.717, 1.165) is 65.4 Å². The Morgan fingerprint density at radius 3 is 2.70 bits per heavy atom.